The van der Waals surface area contributed by atoms with Crippen molar-refractivity contribution in [1.82, 2.24) is 34.3 Å². The third-order valence-corrected chi connectivity index (χ3v) is 5.94. The maximum atomic E-state index is 12.2. The number of carbonyl (C=O) groups is 1. The summed E-state index contributed by atoms with van der Waals surface area (Å²) in [5, 5.41) is 18.2. The summed E-state index contributed by atoms with van der Waals surface area (Å²) in [6.45, 7) is 8.06. The molecule has 170 valence electrons. The number of nitrogens with zero attached hydrogens (tertiary/aromatic N) is 9. The number of carbonyl (C=O) groups excluding carboxylic acids is 1. The van der Waals surface area contributed by atoms with Crippen LogP contribution in [0.2, 0.25) is 0 Å². The van der Waals surface area contributed by atoms with E-state index in [1.807, 2.05) is 30.4 Å². The first kappa shape index (κ1) is 21.3. The molecule has 0 N–H and O–H groups in total. The van der Waals surface area contributed by atoms with Crippen molar-refractivity contribution in [3.63, 3.8) is 0 Å². The fourth-order valence-corrected chi connectivity index (χ4v) is 4.16. The fourth-order valence-electron chi connectivity index (χ4n) is 4.16. The van der Waals surface area contributed by atoms with E-state index in [1.54, 1.807) is 40.9 Å². The molecule has 10 nitrogen and oxygen atoms in total. The largest absolute Gasteiger partial charge is 0.352 e. The first-order chi connectivity index (χ1) is 16.4. The number of aromatic nitrogens is 6. The summed E-state index contributed by atoms with van der Waals surface area (Å²) in [6.07, 6.45) is 10.6. The van der Waals surface area contributed by atoms with Crippen LogP contribution in [-0.4, -0.2) is 66.3 Å². The molecule has 0 radical (unpaired) electrons. The maximum absolute atomic E-state index is 12.2. The summed E-state index contributed by atoms with van der Waals surface area (Å²) >= 11 is 0. The minimum absolute atomic E-state index is 0.00676. The Morgan fingerprint density at radius 1 is 1.03 bits per heavy atom. The van der Waals surface area contributed by atoms with Crippen LogP contribution < -0.4 is 4.90 Å². The molecule has 0 atom stereocenters. The van der Waals surface area contributed by atoms with Crippen LogP contribution in [-0.2, 0) is 11.8 Å². The first-order valence-corrected chi connectivity index (χ1v) is 10.9. The zero-order valence-electron chi connectivity index (χ0n) is 19.0. The molecule has 5 heterocycles. The Morgan fingerprint density at radius 3 is 2.44 bits per heavy atom. The molecule has 1 aliphatic rings. The van der Waals surface area contributed by atoms with Crippen molar-refractivity contribution < 1.29 is 4.79 Å². The van der Waals surface area contributed by atoms with Crippen LogP contribution >= 0.6 is 0 Å². The van der Waals surface area contributed by atoms with Crippen molar-refractivity contribution in [3.8, 4) is 28.5 Å². The van der Waals surface area contributed by atoms with Gasteiger partial charge in [-0.1, -0.05) is 6.58 Å². The Balaban J connectivity index is 1.46. The quantitative estimate of drug-likeness (QED) is 0.436. The summed E-state index contributed by atoms with van der Waals surface area (Å²) in [6, 6.07) is 4.20. The van der Waals surface area contributed by atoms with Crippen molar-refractivity contribution in [2.24, 2.45) is 7.05 Å². The molecule has 4 aromatic rings. The van der Waals surface area contributed by atoms with Crippen LogP contribution in [0.1, 0.15) is 12.5 Å². The zero-order chi connectivity index (χ0) is 23.8. The molecule has 0 aliphatic carbocycles. The summed E-state index contributed by atoms with van der Waals surface area (Å²) in [7, 11) is 1.86. The number of nitriles is 1. The number of hydrogen-bond acceptors (Lipinski definition) is 7. The number of pyridine rings is 1. The minimum atomic E-state index is -0.00676. The van der Waals surface area contributed by atoms with E-state index in [4.69, 9.17) is 0 Å². The summed E-state index contributed by atoms with van der Waals surface area (Å²) in [4.78, 5) is 25.4. The van der Waals surface area contributed by atoms with Crippen LogP contribution in [0.15, 0.2) is 55.4 Å². The average Bonchev–Trinajstić information content (AvgIpc) is 3.49. The Labute approximate surface area is 196 Å². The van der Waals surface area contributed by atoms with Crippen molar-refractivity contribution >= 4 is 17.2 Å². The summed E-state index contributed by atoms with van der Waals surface area (Å²) in [5.41, 5.74) is 4.97. The normalized spacial score (nSPS) is 13.8. The van der Waals surface area contributed by atoms with E-state index in [-0.39, 0.29) is 5.91 Å². The third kappa shape index (κ3) is 3.77. The van der Waals surface area contributed by atoms with E-state index in [0.29, 0.717) is 48.5 Å². The fraction of sp³-hybridized carbons (Fsp3) is 0.250. The summed E-state index contributed by atoms with van der Waals surface area (Å²) in [5.74, 6) is 0.743. The molecule has 0 spiro atoms. The van der Waals surface area contributed by atoms with Gasteiger partial charge in [-0.3, -0.25) is 14.5 Å². The third-order valence-electron chi connectivity index (χ3n) is 5.94. The highest BCUT2D eigenvalue weighted by atomic mass is 16.2. The molecule has 1 saturated heterocycles. The molecule has 0 unspecified atom stereocenters. The van der Waals surface area contributed by atoms with Gasteiger partial charge >= 0.3 is 0 Å². The zero-order valence-corrected chi connectivity index (χ0v) is 19.0. The molecule has 1 amide bonds. The van der Waals surface area contributed by atoms with Crippen LogP contribution in [0.4, 0.5) is 5.82 Å². The van der Waals surface area contributed by atoms with Crippen molar-refractivity contribution in [2.75, 3.05) is 31.1 Å². The monoisotopic (exact) mass is 453 g/mol. The van der Waals surface area contributed by atoms with E-state index in [1.165, 1.54) is 0 Å². The number of amides is 1. The van der Waals surface area contributed by atoms with Crippen LogP contribution in [0, 0.1) is 11.3 Å². The van der Waals surface area contributed by atoms with Gasteiger partial charge in [-0.25, -0.2) is 9.50 Å². The SMILES string of the molecule is C=C(C)C(=O)N1CCN(c2cnc(-c3cc(-c4cnn(C)c4)cn4ncc(C#N)c34)cn2)CC1. The molecular weight excluding hydrogens is 430 g/mol. The highest BCUT2D eigenvalue weighted by Gasteiger charge is 2.23. The molecule has 5 rings (SSSR count). The highest BCUT2D eigenvalue weighted by Crippen LogP contribution is 2.31. The standard InChI is InChI=1S/C24H23N9O/c1-16(2)24(34)32-6-4-31(5-7-32)22-13-26-21(12-27-22)20-8-17(19-11-28-30(3)14-19)15-33-23(20)18(9-25)10-29-33/h8,10-15H,1,4-7H2,2-3H3. The topological polar surface area (TPSA) is 108 Å². The van der Waals surface area contributed by atoms with Gasteiger partial charge in [-0.2, -0.15) is 15.5 Å². The van der Waals surface area contributed by atoms with Crippen LogP contribution in [0.5, 0.6) is 0 Å². The van der Waals surface area contributed by atoms with Gasteiger partial charge in [0.15, 0.2) is 0 Å². The molecule has 10 heteroatoms. The smallest absolute Gasteiger partial charge is 0.249 e. The molecule has 0 bridgehead atoms. The summed E-state index contributed by atoms with van der Waals surface area (Å²) < 4.78 is 3.44. The lowest BCUT2D eigenvalue weighted by atomic mass is 10.0. The Kier molecular flexibility index (Phi) is 5.30. The van der Waals surface area contributed by atoms with E-state index < -0.39 is 0 Å². The molecule has 0 aromatic carbocycles. The lowest BCUT2D eigenvalue weighted by Crippen LogP contribution is -2.49. The number of anilines is 1. The number of aryl methyl sites for hydroxylation is 1. The molecule has 34 heavy (non-hydrogen) atoms. The van der Waals surface area contributed by atoms with Gasteiger partial charge in [-0.15, -0.1) is 0 Å². The lowest BCUT2D eigenvalue weighted by molar-refractivity contribution is -0.127. The van der Waals surface area contributed by atoms with Gasteiger partial charge in [0, 0.05) is 67.9 Å². The van der Waals surface area contributed by atoms with Crippen LogP contribution in [0.3, 0.4) is 0 Å². The van der Waals surface area contributed by atoms with E-state index in [2.05, 4.69) is 37.7 Å². The van der Waals surface area contributed by atoms with Crippen molar-refractivity contribution in [1.29, 1.82) is 5.26 Å². The average molecular weight is 454 g/mol. The second kappa shape index (κ2) is 8.44. The molecule has 0 saturated carbocycles. The Morgan fingerprint density at radius 2 is 1.82 bits per heavy atom. The molecular formula is C24H23N9O. The van der Waals surface area contributed by atoms with Gasteiger partial charge in [0.1, 0.15) is 11.9 Å². The van der Waals surface area contributed by atoms with Gasteiger partial charge < -0.3 is 9.80 Å². The van der Waals surface area contributed by atoms with E-state index in [0.717, 1.165) is 22.5 Å². The number of fused-ring (bicyclic) bond motifs is 1. The molecule has 4 aromatic heterocycles. The number of rotatable bonds is 4. The van der Waals surface area contributed by atoms with Gasteiger partial charge in [0.05, 0.1) is 41.6 Å². The first-order valence-electron chi connectivity index (χ1n) is 10.9. The van der Waals surface area contributed by atoms with Crippen molar-refractivity contribution in [2.45, 2.75) is 6.92 Å². The van der Waals surface area contributed by atoms with Crippen molar-refractivity contribution in [3.05, 3.63) is 61.0 Å². The minimum Gasteiger partial charge on any atom is -0.352 e. The second-order valence-electron chi connectivity index (χ2n) is 8.33. The molecule has 1 fully saturated rings. The predicted octanol–water partition coefficient (Wildman–Crippen LogP) is 2.29. The van der Waals surface area contributed by atoms with E-state index in [9.17, 15) is 10.1 Å². The van der Waals surface area contributed by atoms with E-state index >= 15 is 0 Å². The second-order valence-corrected chi connectivity index (χ2v) is 8.33. The van der Waals surface area contributed by atoms with Gasteiger partial charge in [0.25, 0.3) is 0 Å². The Bertz CT molecular complexity index is 1430. The Hall–Kier alpha value is -4.52. The number of hydrogen-bond donors (Lipinski definition) is 0. The number of piperazine rings is 1. The highest BCUT2D eigenvalue weighted by molar-refractivity contribution is 5.92. The predicted molar refractivity (Wildman–Crippen MR) is 127 cm³/mol. The van der Waals surface area contributed by atoms with Gasteiger partial charge in [0.2, 0.25) is 5.91 Å². The molecule has 1 aliphatic heterocycles. The lowest BCUT2D eigenvalue weighted by Gasteiger charge is -2.35. The van der Waals surface area contributed by atoms with Gasteiger partial charge in [-0.05, 0) is 13.0 Å². The maximum Gasteiger partial charge on any atom is 0.249 e. The van der Waals surface area contributed by atoms with Crippen LogP contribution in [0.25, 0.3) is 27.9 Å².